The Morgan fingerprint density at radius 3 is 2.96 bits per heavy atom. The van der Waals surface area contributed by atoms with Gasteiger partial charge in [-0.15, -0.1) is 5.10 Å². The van der Waals surface area contributed by atoms with Crippen LogP contribution in [0.15, 0.2) is 29.7 Å². The summed E-state index contributed by atoms with van der Waals surface area (Å²) in [6.07, 6.45) is -0.203. The molecule has 9 heteroatoms. The van der Waals surface area contributed by atoms with Crippen LogP contribution in [0.3, 0.4) is 0 Å². The first-order valence-corrected chi connectivity index (χ1v) is 7.72. The van der Waals surface area contributed by atoms with Crippen LogP contribution in [0, 0.1) is 23.0 Å². The van der Waals surface area contributed by atoms with Gasteiger partial charge < -0.3 is 15.2 Å². The van der Waals surface area contributed by atoms with Gasteiger partial charge in [-0.2, -0.15) is 5.26 Å². The van der Waals surface area contributed by atoms with Crippen LogP contribution in [-0.2, 0) is 16.0 Å². The number of fused-ring (bicyclic) bond motifs is 1. The van der Waals surface area contributed by atoms with Crippen LogP contribution in [0.25, 0.3) is 0 Å². The van der Waals surface area contributed by atoms with Gasteiger partial charge in [-0.1, -0.05) is 12.1 Å². The summed E-state index contributed by atoms with van der Waals surface area (Å²) < 4.78 is 38.4. The fourth-order valence-corrected chi connectivity index (χ4v) is 2.85. The van der Waals surface area contributed by atoms with Crippen LogP contribution in [0.4, 0.5) is 8.78 Å². The summed E-state index contributed by atoms with van der Waals surface area (Å²) in [5, 5.41) is 16.0. The number of ether oxygens (including phenoxy) is 2. The highest BCUT2D eigenvalue weighted by molar-refractivity contribution is 5.73. The fraction of sp³-hybridized carbons (Fsp3) is 0.235. The molecule has 0 fully saturated rings. The lowest BCUT2D eigenvalue weighted by Crippen LogP contribution is -2.22. The number of carbonyl (C=O) groups excluding carboxylic acids is 1. The summed E-state index contributed by atoms with van der Waals surface area (Å²) in [5.74, 6) is -4.06. The Morgan fingerprint density at radius 2 is 2.27 bits per heavy atom. The molecule has 134 valence electrons. The van der Waals surface area contributed by atoms with Crippen molar-refractivity contribution in [3.8, 4) is 11.9 Å². The molecule has 2 heterocycles. The predicted molar refractivity (Wildman–Crippen MR) is 84.6 cm³/mol. The maximum absolute atomic E-state index is 14.4. The molecule has 0 saturated carbocycles. The van der Waals surface area contributed by atoms with Crippen molar-refractivity contribution in [2.24, 2.45) is 5.73 Å². The van der Waals surface area contributed by atoms with Gasteiger partial charge in [0.25, 0.3) is 0 Å². The highest BCUT2D eigenvalue weighted by Crippen LogP contribution is 2.43. The summed E-state index contributed by atoms with van der Waals surface area (Å²) in [6.45, 7) is 1.84. The lowest BCUT2D eigenvalue weighted by Gasteiger charge is -2.24. The standard InChI is InChI=1S/C17H14F2N4O3/c1-2-25-12(24)6-11-14-13(8-4-3-5-10(18)15(8)19)9(7-20)16(21)26-17(14)23-22-11/h3-5,13H,2,6,21H2,1H3,(H,22,23)/t13-/m1/s1. The number of nitriles is 1. The van der Waals surface area contributed by atoms with E-state index in [1.807, 2.05) is 6.07 Å². The van der Waals surface area contributed by atoms with E-state index in [-0.39, 0.29) is 47.2 Å². The number of nitrogens with one attached hydrogen (secondary N) is 1. The predicted octanol–water partition coefficient (Wildman–Crippen LogP) is 2.01. The largest absolute Gasteiger partial charge is 0.466 e. The van der Waals surface area contributed by atoms with Crippen molar-refractivity contribution in [2.75, 3.05) is 6.61 Å². The van der Waals surface area contributed by atoms with Crippen molar-refractivity contribution in [2.45, 2.75) is 19.3 Å². The number of allylic oxidation sites excluding steroid dienone is 1. The smallest absolute Gasteiger partial charge is 0.311 e. The molecule has 3 rings (SSSR count). The van der Waals surface area contributed by atoms with Gasteiger partial charge >= 0.3 is 5.97 Å². The Labute approximate surface area is 147 Å². The van der Waals surface area contributed by atoms with E-state index in [1.165, 1.54) is 12.1 Å². The minimum absolute atomic E-state index is 0.00513. The van der Waals surface area contributed by atoms with E-state index >= 15 is 0 Å². The molecule has 7 nitrogen and oxygen atoms in total. The molecule has 0 aliphatic carbocycles. The molecular formula is C17H14F2N4O3. The molecule has 1 atom stereocenters. The normalized spacial score (nSPS) is 15.8. The third-order valence-corrected chi connectivity index (χ3v) is 3.94. The maximum Gasteiger partial charge on any atom is 0.311 e. The van der Waals surface area contributed by atoms with Crippen molar-refractivity contribution in [3.05, 3.63) is 58.1 Å². The number of hydrogen-bond acceptors (Lipinski definition) is 6. The van der Waals surface area contributed by atoms with Gasteiger partial charge in [-0.25, -0.2) is 8.78 Å². The van der Waals surface area contributed by atoms with E-state index in [4.69, 9.17) is 15.2 Å². The molecule has 0 saturated heterocycles. The van der Waals surface area contributed by atoms with Gasteiger partial charge in [-0.3, -0.25) is 9.89 Å². The highest BCUT2D eigenvalue weighted by atomic mass is 19.2. The Morgan fingerprint density at radius 1 is 1.50 bits per heavy atom. The van der Waals surface area contributed by atoms with Crippen molar-refractivity contribution in [1.82, 2.24) is 10.2 Å². The lowest BCUT2D eigenvalue weighted by molar-refractivity contribution is -0.142. The number of aromatic nitrogens is 2. The van der Waals surface area contributed by atoms with Crippen LogP contribution in [0.1, 0.15) is 29.7 Å². The monoisotopic (exact) mass is 360 g/mol. The van der Waals surface area contributed by atoms with Crippen molar-refractivity contribution < 1.29 is 23.0 Å². The number of aromatic amines is 1. The van der Waals surface area contributed by atoms with Gasteiger partial charge in [0.2, 0.25) is 11.8 Å². The number of rotatable bonds is 4. The van der Waals surface area contributed by atoms with Gasteiger partial charge in [0.15, 0.2) is 11.6 Å². The zero-order valence-electron chi connectivity index (χ0n) is 13.7. The average Bonchev–Trinajstić information content (AvgIpc) is 2.98. The number of esters is 1. The summed E-state index contributed by atoms with van der Waals surface area (Å²) in [5.41, 5.74) is 6.05. The first kappa shape index (κ1) is 17.4. The Hall–Kier alpha value is -3.41. The number of nitrogens with zero attached hydrogens (tertiary/aromatic N) is 2. The average molecular weight is 360 g/mol. The first-order chi connectivity index (χ1) is 12.5. The fourth-order valence-electron chi connectivity index (χ4n) is 2.85. The van der Waals surface area contributed by atoms with Crippen molar-refractivity contribution in [3.63, 3.8) is 0 Å². The number of nitrogens with two attached hydrogens (primary N) is 1. The Kier molecular flexibility index (Phi) is 4.58. The minimum Gasteiger partial charge on any atom is -0.466 e. The Balaban J connectivity index is 2.17. The second-order valence-corrected chi connectivity index (χ2v) is 5.47. The van der Waals surface area contributed by atoms with Crippen LogP contribution in [0.2, 0.25) is 0 Å². The summed E-state index contributed by atoms with van der Waals surface area (Å²) in [7, 11) is 0. The number of halogens is 2. The zero-order chi connectivity index (χ0) is 18.8. The van der Waals surface area contributed by atoms with E-state index in [0.29, 0.717) is 0 Å². The van der Waals surface area contributed by atoms with E-state index < -0.39 is 23.5 Å². The molecule has 3 N–H and O–H groups in total. The zero-order valence-corrected chi connectivity index (χ0v) is 13.7. The molecule has 0 bridgehead atoms. The number of hydrogen-bond donors (Lipinski definition) is 2. The molecule has 2 aromatic rings. The van der Waals surface area contributed by atoms with Crippen molar-refractivity contribution >= 4 is 5.97 Å². The molecule has 1 aromatic heterocycles. The molecule has 26 heavy (non-hydrogen) atoms. The summed E-state index contributed by atoms with van der Waals surface area (Å²) in [6, 6.07) is 5.49. The van der Waals surface area contributed by atoms with Crippen LogP contribution in [0.5, 0.6) is 5.88 Å². The van der Waals surface area contributed by atoms with Gasteiger partial charge in [0.05, 0.1) is 30.2 Å². The maximum atomic E-state index is 14.4. The minimum atomic E-state index is -1.12. The molecule has 0 radical (unpaired) electrons. The first-order valence-electron chi connectivity index (χ1n) is 7.72. The van der Waals surface area contributed by atoms with Crippen LogP contribution < -0.4 is 10.5 Å². The molecule has 0 amide bonds. The molecule has 1 aliphatic heterocycles. The van der Waals surface area contributed by atoms with Gasteiger partial charge in [0, 0.05) is 5.56 Å². The lowest BCUT2D eigenvalue weighted by atomic mass is 9.83. The topological polar surface area (TPSA) is 114 Å². The third-order valence-electron chi connectivity index (χ3n) is 3.94. The van der Waals surface area contributed by atoms with Crippen LogP contribution >= 0.6 is 0 Å². The molecule has 1 aromatic carbocycles. The number of carbonyl (C=O) groups is 1. The van der Waals surface area contributed by atoms with Crippen molar-refractivity contribution in [1.29, 1.82) is 5.26 Å². The Bertz CT molecular complexity index is 946. The molecule has 1 aliphatic rings. The number of H-pyrrole nitrogens is 1. The van der Waals surface area contributed by atoms with Gasteiger partial charge in [-0.05, 0) is 13.0 Å². The second kappa shape index (κ2) is 6.84. The van der Waals surface area contributed by atoms with E-state index in [9.17, 15) is 18.8 Å². The molecule has 0 unspecified atom stereocenters. The highest BCUT2D eigenvalue weighted by Gasteiger charge is 2.37. The third kappa shape index (κ3) is 2.86. The van der Waals surface area contributed by atoms with Gasteiger partial charge in [0.1, 0.15) is 11.6 Å². The van der Waals surface area contributed by atoms with E-state index in [1.54, 1.807) is 6.92 Å². The molecule has 0 spiro atoms. The van der Waals surface area contributed by atoms with Crippen LogP contribution in [-0.4, -0.2) is 22.8 Å². The molecular weight excluding hydrogens is 346 g/mol. The summed E-state index contributed by atoms with van der Waals surface area (Å²) >= 11 is 0. The second-order valence-electron chi connectivity index (χ2n) is 5.47. The summed E-state index contributed by atoms with van der Waals surface area (Å²) in [4.78, 5) is 11.8. The number of benzene rings is 1. The quantitative estimate of drug-likeness (QED) is 0.806. The van der Waals surface area contributed by atoms with E-state index in [0.717, 1.165) is 6.07 Å². The van der Waals surface area contributed by atoms with E-state index in [2.05, 4.69) is 10.2 Å². The SMILES string of the molecule is CCOC(=O)Cc1[nH]nc2c1[C@H](c1cccc(F)c1F)C(C#N)=C(N)O2.